The SMILES string of the molecule is CCNC(=O)[C@H](Cc1ccccc1)N(Cc1ccc(Cl)cc1Cl)C(=O)CN(c1ccccc1OC)S(=O)(=O)c1ccccc1. The van der Waals surface area contributed by atoms with Crippen LogP contribution in [0.2, 0.25) is 10.0 Å². The third-order valence-corrected chi connectivity index (χ3v) is 9.30. The maximum absolute atomic E-state index is 14.5. The zero-order chi connectivity index (χ0) is 31.7. The number of carbonyl (C=O) groups is 2. The van der Waals surface area contributed by atoms with Gasteiger partial charge in [0.2, 0.25) is 11.8 Å². The van der Waals surface area contributed by atoms with Crippen LogP contribution >= 0.6 is 23.2 Å². The fraction of sp³-hybridized carbons (Fsp3) is 0.212. The lowest BCUT2D eigenvalue weighted by Gasteiger charge is -2.34. The molecular formula is C33H33Cl2N3O5S. The van der Waals surface area contributed by atoms with Gasteiger partial charge in [-0.2, -0.15) is 0 Å². The number of ether oxygens (including phenoxy) is 1. The van der Waals surface area contributed by atoms with Crippen LogP contribution in [0.3, 0.4) is 0 Å². The summed E-state index contributed by atoms with van der Waals surface area (Å²) >= 11 is 12.7. The van der Waals surface area contributed by atoms with E-state index in [0.29, 0.717) is 22.2 Å². The van der Waals surface area contributed by atoms with Crippen LogP contribution in [0.4, 0.5) is 5.69 Å². The average Bonchev–Trinajstić information content (AvgIpc) is 3.03. The first kappa shape index (κ1) is 32.9. The van der Waals surface area contributed by atoms with Gasteiger partial charge in [0.05, 0.1) is 17.7 Å². The number of likely N-dealkylation sites (N-methyl/N-ethyl adjacent to an activating group) is 1. The third kappa shape index (κ3) is 7.91. The minimum Gasteiger partial charge on any atom is -0.495 e. The summed E-state index contributed by atoms with van der Waals surface area (Å²) in [5.41, 5.74) is 1.54. The molecule has 1 atom stereocenters. The Hall–Kier alpha value is -4.05. The third-order valence-electron chi connectivity index (χ3n) is 6.94. The predicted octanol–water partition coefficient (Wildman–Crippen LogP) is 5.97. The first-order valence-electron chi connectivity index (χ1n) is 13.9. The summed E-state index contributed by atoms with van der Waals surface area (Å²) < 4.78 is 34.7. The van der Waals surface area contributed by atoms with Gasteiger partial charge in [-0.3, -0.25) is 13.9 Å². The maximum atomic E-state index is 14.5. The second kappa shape index (κ2) is 15.1. The normalized spacial score (nSPS) is 11.8. The molecule has 4 aromatic rings. The molecule has 8 nitrogen and oxygen atoms in total. The molecule has 0 spiro atoms. The van der Waals surface area contributed by atoms with Crippen LogP contribution in [0.5, 0.6) is 5.75 Å². The molecule has 0 aromatic heterocycles. The van der Waals surface area contributed by atoms with E-state index in [-0.39, 0.29) is 35.2 Å². The molecule has 0 heterocycles. The van der Waals surface area contributed by atoms with E-state index in [9.17, 15) is 18.0 Å². The molecule has 4 aromatic carbocycles. The number of rotatable bonds is 13. The topological polar surface area (TPSA) is 96.0 Å². The fourth-order valence-electron chi connectivity index (χ4n) is 4.75. The van der Waals surface area contributed by atoms with Crippen molar-refractivity contribution in [3.63, 3.8) is 0 Å². The first-order valence-corrected chi connectivity index (χ1v) is 16.1. The van der Waals surface area contributed by atoms with Gasteiger partial charge in [0, 0.05) is 29.6 Å². The zero-order valence-corrected chi connectivity index (χ0v) is 26.6. The lowest BCUT2D eigenvalue weighted by Crippen LogP contribution is -2.53. The van der Waals surface area contributed by atoms with Crippen LogP contribution in [0.25, 0.3) is 0 Å². The zero-order valence-electron chi connectivity index (χ0n) is 24.3. The van der Waals surface area contributed by atoms with Crippen LogP contribution in [-0.2, 0) is 32.6 Å². The second-order valence-electron chi connectivity index (χ2n) is 9.85. The first-order chi connectivity index (χ1) is 21.1. The van der Waals surface area contributed by atoms with Crippen molar-refractivity contribution in [2.24, 2.45) is 0 Å². The number of hydrogen-bond donors (Lipinski definition) is 1. The molecule has 4 rings (SSSR count). The molecule has 0 saturated heterocycles. The molecule has 0 saturated carbocycles. The monoisotopic (exact) mass is 653 g/mol. The van der Waals surface area contributed by atoms with E-state index < -0.39 is 28.5 Å². The minimum atomic E-state index is -4.26. The highest BCUT2D eigenvalue weighted by atomic mass is 35.5. The van der Waals surface area contributed by atoms with E-state index in [4.69, 9.17) is 27.9 Å². The second-order valence-corrected chi connectivity index (χ2v) is 12.6. The maximum Gasteiger partial charge on any atom is 0.264 e. The number of amides is 2. The van der Waals surface area contributed by atoms with E-state index >= 15 is 0 Å². The fourth-order valence-corrected chi connectivity index (χ4v) is 6.66. The molecule has 1 N–H and O–H groups in total. The van der Waals surface area contributed by atoms with Crippen LogP contribution in [0.15, 0.2) is 108 Å². The number of para-hydroxylation sites is 2. The largest absolute Gasteiger partial charge is 0.495 e. The van der Waals surface area contributed by atoms with Crippen molar-refractivity contribution in [3.8, 4) is 5.75 Å². The molecule has 0 radical (unpaired) electrons. The number of sulfonamides is 1. The number of nitrogens with one attached hydrogen (secondary N) is 1. The van der Waals surface area contributed by atoms with Crippen molar-refractivity contribution in [3.05, 3.63) is 124 Å². The number of methoxy groups -OCH3 is 1. The van der Waals surface area contributed by atoms with Crippen molar-refractivity contribution in [1.29, 1.82) is 0 Å². The molecule has 0 aliphatic rings. The molecule has 44 heavy (non-hydrogen) atoms. The van der Waals surface area contributed by atoms with E-state index in [2.05, 4.69) is 5.32 Å². The average molecular weight is 655 g/mol. The summed E-state index contributed by atoms with van der Waals surface area (Å²) in [6.07, 6.45) is 0.184. The van der Waals surface area contributed by atoms with Gasteiger partial charge in [0.25, 0.3) is 10.0 Å². The van der Waals surface area contributed by atoms with Gasteiger partial charge in [0.15, 0.2) is 0 Å². The lowest BCUT2D eigenvalue weighted by molar-refractivity contribution is -0.140. The molecule has 0 bridgehead atoms. The smallest absolute Gasteiger partial charge is 0.264 e. The highest BCUT2D eigenvalue weighted by Gasteiger charge is 2.35. The Morgan fingerprint density at radius 3 is 2.16 bits per heavy atom. The number of nitrogens with zero attached hydrogens (tertiary/aromatic N) is 2. The Kier molecular flexibility index (Phi) is 11.3. The van der Waals surface area contributed by atoms with Crippen LogP contribution in [0.1, 0.15) is 18.1 Å². The van der Waals surface area contributed by atoms with E-state index in [0.717, 1.165) is 9.87 Å². The van der Waals surface area contributed by atoms with Crippen molar-refractivity contribution in [2.45, 2.75) is 30.8 Å². The Morgan fingerprint density at radius 2 is 1.52 bits per heavy atom. The quantitative estimate of drug-likeness (QED) is 0.192. The summed E-state index contributed by atoms with van der Waals surface area (Å²) in [5.74, 6) is -0.741. The standard InChI is InChI=1S/C33H33Cl2N3O5S/c1-3-36-33(40)30(20-24-12-6-4-7-13-24)37(22-25-18-19-26(34)21-28(25)35)32(39)23-38(29-16-10-11-17-31(29)43-2)44(41,42)27-14-8-5-9-15-27/h4-19,21,30H,3,20,22-23H2,1-2H3,(H,36,40)/t30-/m0/s1. The van der Waals surface area contributed by atoms with E-state index in [1.54, 1.807) is 67.6 Å². The van der Waals surface area contributed by atoms with Crippen molar-refractivity contribution in [2.75, 3.05) is 24.5 Å². The van der Waals surface area contributed by atoms with Crippen LogP contribution < -0.4 is 14.4 Å². The molecule has 0 aliphatic carbocycles. The molecule has 0 fully saturated rings. The van der Waals surface area contributed by atoms with E-state index in [1.807, 2.05) is 30.3 Å². The van der Waals surface area contributed by atoms with Gasteiger partial charge in [0.1, 0.15) is 18.3 Å². The number of carbonyl (C=O) groups excluding carboxylic acids is 2. The van der Waals surface area contributed by atoms with Crippen molar-refractivity contribution in [1.82, 2.24) is 10.2 Å². The highest BCUT2D eigenvalue weighted by molar-refractivity contribution is 7.92. The molecular weight excluding hydrogens is 621 g/mol. The lowest BCUT2D eigenvalue weighted by atomic mass is 10.0. The molecule has 0 unspecified atom stereocenters. The minimum absolute atomic E-state index is 0.00411. The van der Waals surface area contributed by atoms with Crippen molar-refractivity contribution >= 4 is 50.7 Å². The number of hydrogen-bond acceptors (Lipinski definition) is 5. The number of halogens is 2. The Bertz CT molecular complexity index is 1690. The summed E-state index contributed by atoms with van der Waals surface area (Å²) in [6, 6.07) is 27.6. The number of anilines is 1. The van der Waals surface area contributed by atoms with Gasteiger partial charge >= 0.3 is 0 Å². The molecule has 0 aliphatic heterocycles. The summed E-state index contributed by atoms with van der Waals surface area (Å²) in [6.45, 7) is 1.43. The highest BCUT2D eigenvalue weighted by Crippen LogP contribution is 2.33. The van der Waals surface area contributed by atoms with Gasteiger partial charge < -0.3 is 15.0 Å². The summed E-state index contributed by atoms with van der Waals surface area (Å²) in [5, 5.41) is 3.55. The van der Waals surface area contributed by atoms with Gasteiger partial charge in [-0.1, -0.05) is 89.9 Å². The molecule has 11 heteroatoms. The van der Waals surface area contributed by atoms with Gasteiger partial charge in [-0.15, -0.1) is 0 Å². The summed E-state index contributed by atoms with van der Waals surface area (Å²) in [4.78, 5) is 29.4. The summed E-state index contributed by atoms with van der Waals surface area (Å²) in [7, 11) is -2.83. The van der Waals surface area contributed by atoms with Crippen LogP contribution in [0, 0.1) is 0 Å². The van der Waals surface area contributed by atoms with Crippen molar-refractivity contribution < 1.29 is 22.7 Å². The predicted molar refractivity (Wildman–Crippen MR) is 174 cm³/mol. The molecule has 230 valence electrons. The number of benzene rings is 4. The van der Waals surface area contributed by atoms with E-state index in [1.165, 1.54) is 24.1 Å². The van der Waals surface area contributed by atoms with Gasteiger partial charge in [-0.25, -0.2) is 8.42 Å². The van der Waals surface area contributed by atoms with Gasteiger partial charge in [-0.05, 0) is 54.4 Å². The Labute approximate surface area is 268 Å². The Morgan fingerprint density at radius 1 is 0.886 bits per heavy atom. The molecule has 2 amide bonds. The van der Waals surface area contributed by atoms with Crippen LogP contribution in [-0.4, -0.2) is 51.4 Å². The Balaban J connectivity index is 1.83.